The number of rotatable bonds is 3. The van der Waals surface area contributed by atoms with E-state index in [4.69, 9.17) is 0 Å². The lowest BCUT2D eigenvalue weighted by molar-refractivity contribution is 0.275. The molecule has 0 saturated carbocycles. The molecule has 0 aliphatic carbocycles. The molecule has 2 rings (SSSR count). The van der Waals surface area contributed by atoms with Crippen molar-refractivity contribution in [2.24, 2.45) is 0 Å². The standard InChI is InChI=1S/C12H14FN3O/c1-8(2)12-10(7-17)14-15-16(12)11-6-4-3-5-9(11)13/h3-6,8,17H,7H2,1-2H3. The van der Waals surface area contributed by atoms with Crippen molar-refractivity contribution < 1.29 is 9.50 Å². The van der Waals surface area contributed by atoms with Gasteiger partial charge in [0.25, 0.3) is 0 Å². The summed E-state index contributed by atoms with van der Waals surface area (Å²) in [5.41, 5.74) is 1.57. The van der Waals surface area contributed by atoms with E-state index in [1.807, 2.05) is 13.8 Å². The quantitative estimate of drug-likeness (QED) is 0.885. The van der Waals surface area contributed by atoms with Gasteiger partial charge in [0.05, 0.1) is 12.3 Å². The first kappa shape index (κ1) is 11.7. The molecule has 0 radical (unpaired) electrons. The van der Waals surface area contributed by atoms with Gasteiger partial charge in [-0.1, -0.05) is 31.2 Å². The Balaban J connectivity index is 2.60. The zero-order valence-corrected chi connectivity index (χ0v) is 9.76. The lowest BCUT2D eigenvalue weighted by atomic mass is 10.1. The number of nitrogens with zero attached hydrogens (tertiary/aromatic N) is 3. The summed E-state index contributed by atoms with van der Waals surface area (Å²) < 4.78 is 15.1. The largest absolute Gasteiger partial charge is 0.390 e. The van der Waals surface area contributed by atoms with Crippen LogP contribution in [0.15, 0.2) is 24.3 Å². The highest BCUT2D eigenvalue weighted by Crippen LogP contribution is 2.22. The van der Waals surface area contributed by atoms with Crippen molar-refractivity contribution in [3.8, 4) is 5.69 Å². The SMILES string of the molecule is CC(C)c1c(CO)nnn1-c1ccccc1F. The molecule has 0 aliphatic heterocycles. The fourth-order valence-electron chi connectivity index (χ4n) is 1.81. The van der Waals surface area contributed by atoms with Crippen LogP contribution in [0.3, 0.4) is 0 Å². The summed E-state index contributed by atoms with van der Waals surface area (Å²) in [5.74, 6) is -0.254. The van der Waals surface area contributed by atoms with Crippen LogP contribution in [0.4, 0.5) is 4.39 Å². The third kappa shape index (κ3) is 2.06. The van der Waals surface area contributed by atoms with Crippen molar-refractivity contribution in [2.45, 2.75) is 26.4 Å². The van der Waals surface area contributed by atoms with E-state index < -0.39 is 0 Å². The second kappa shape index (κ2) is 4.63. The maximum Gasteiger partial charge on any atom is 0.148 e. The molecule has 0 fully saturated rings. The highest BCUT2D eigenvalue weighted by Gasteiger charge is 2.18. The number of aliphatic hydroxyl groups is 1. The topological polar surface area (TPSA) is 50.9 Å². The molecule has 0 atom stereocenters. The van der Waals surface area contributed by atoms with Crippen molar-refractivity contribution in [3.05, 3.63) is 41.5 Å². The van der Waals surface area contributed by atoms with Gasteiger partial charge in [-0.2, -0.15) is 0 Å². The molecular weight excluding hydrogens is 221 g/mol. The maximum absolute atomic E-state index is 13.7. The van der Waals surface area contributed by atoms with Gasteiger partial charge in [0.2, 0.25) is 0 Å². The summed E-state index contributed by atoms with van der Waals surface area (Å²) in [7, 11) is 0. The molecule has 1 aromatic carbocycles. The molecule has 90 valence electrons. The highest BCUT2D eigenvalue weighted by atomic mass is 19.1. The number of benzene rings is 1. The van der Waals surface area contributed by atoms with Gasteiger partial charge in [-0.15, -0.1) is 5.10 Å². The predicted molar refractivity (Wildman–Crippen MR) is 61.3 cm³/mol. The third-order valence-electron chi connectivity index (χ3n) is 2.56. The molecule has 1 N–H and O–H groups in total. The summed E-state index contributed by atoms with van der Waals surface area (Å²) in [4.78, 5) is 0. The summed E-state index contributed by atoms with van der Waals surface area (Å²) in [6, 6.07) is 6.37. The van der Waals surface area contributed by atoms with Crippen LogP contribution in [0, 0.1) is 5.82 Å². The maximum atomic E-state index is 13.7. The molecule has 1 aromatic heterocycles. The van der Waals surface area contributed by atoms with Crippen molar-refractivity contribution in [3.63, 3.8) is 0 Å². The van der Waals surface area contributed by atoms with E-state index in [9.17, 15) is 9.50 Å². The Bertz CT molecular complexity index is 522. The van der Waals surface area contributed by atoms with Gasteiger partial charge in [0.15, 0.2) is 0 Å². The number of aliphatic hydroxyl groups excluding tert-OH is 1. The lowest BCUT2D eigenvalue weighted by Gasteiger charge is -2.10. The molecule has 0 bridgehead atoms. The minimum atomic E-state index is -0.358. The van der Waals surface area contributed by atoms with Gasteiger partial charge >= 0.3 is 0 Å². The van der Waals surface area contributed by atoms with E-state index in [2.05, 4.69) is 10.3 Å². The monoisotopic (exact) mass is 235 g/mol. The van der Waals surface area contributed by atoms with E-state index in [-0.39, 0.29) is 18.3 Å². The average molecular weight is 235 g/mol. The summed E-state index contributed by atoms with van der Waals surface area (Å²) >= 11 is 0. The van der Waals surface area contributed by atoms with Crippen LogP contribution in [0.2, 0.25) is 0 Å². The molecule has 0 amide bonds. The van der Waals surface area contributed by atoms with Crippen molar-refractivity contribution >= 4 is 0 Å². The first-order chi connectivity index (χ1) is 8.15. The van der Waals surface area contributed by atoms with Gasteiger partial charge in [-0.05, 0) is 18.1 Å². The lowest BCUT2D eigenvalue weighted by Crippen LogP contribution is -2.07. The van der Waals surface area contributed by atoms with E-state index in [1.54, 1.807) is 18.2 Å². The zero-order valence-electron chi connectivity index (χ0n) is 9.76. The van der Waals surface area contributed by atoms with Crippen LogP contribution < -0.4 is 0 Å². The minimum Gasteiger partial charge on any atom is -0.390 e. The zero-order chi connectivity index (χ0) is 12.4. The van der Waals surface area contributed by atoms with Gasteiger partial charge in [-0.25, -0.2) is 9.07 Å². The smallest absolute Gasteiger partial charge is 0.148 e. The Morgan fingerprint density at radius 3 is 2.65 bits per heavy atom. The Hall–Kier alpha value is -1.75. The molecule has 5 heteroatoms. The Labute approximate surface area is 98.7 Å². The van der Waals surface area contributed by atoms with Gasteiger partial charge in [-0.3, -0.25) is 0 Å². The van der Waals surface area contributed by atoms with Crippen LogP contribution in [0.1, 0.15) is 31.2 Å². The van der Waals surface area contributed by atoms with Crippen LogP contribution in [-0.4, -0.2) is 20.1 Å². The summed E-state index contributed by atoms with van der Waals surface area (Å²) in [5, 5.41) is 17.0. The molecule has 0 aliphatic rings. The van der Waals surface area contributed by atoms with Gasteiger partial charge < -0.3 is 5.11 Å². The minimum absolute atomic E-state index is 0.103. The summed E-state index contributed by atoms with van der Waals surface area (Å²) in [6.45, 7) is 3.71. The van der Waals surface area contributed by atoms with E-state index >= 15 is 0 Å². The number of aromatic nitrogens is 3. The first-order valence-corrected chi connectivity index (χ1v) is 5.45. The fourth-order valence-corrected chi connectivity index (χ4v) is 1.81. The number of para-hydroxylation sites is 1. The Morgan fingerprint density at radius 1 is 1.35 bits per heavy atom. The van der Waals surface area contributed by atoms with Crippen molar-refractivity contribution in [1.82, 2.24) is 15.0 Å². The van der Waals surface area contributed by atoms with E-state index in [1.165, 1.54) is 10.7 Å². The number of halogens is 1. The van der Waals surface area contributed by atoms with Gasteiger partial charge in [0, 0.05) is 0 Å². The molecular formula is C12H14FN3O. The normalized spacial score (nSPS) is 11.1. The molecule has 2 aromatic rings. The van der Waals surface area contributed by atoms with Crippen LogP contribution in [0.25, 0.3) is 5.69 Å². The molecule has 0 saturated heterocycles. The second-order valence-electron chi connectivity index (χ2n) is 4.10. The predicted octanol–water partition coefficient (Wildman–Crippen LogP) is 2.02. The number of hydrogen-bond donors (Lipinski definition) is 1. The summed E-state index contributed by atoms with van der Waals surface area (Å²) in [6.07, 6.45) is 0. The van der Waals surface area contributed by atoms with Crippen LogP contribution in [0.5, 0.6) is 0 Å². The van der Waals surface area contributed by atoms with E-state index in [0.29, 0.717) is 11.4 Å². The molecule has 1 heterocycles. The third-order valence-corrected chi connectivity index (χ3v) is 2.56. The fraction of sp³-hybridized carbons (Fsp3) is 0.333. The molecule has 0 unspecified atom stereocenters. The van der Waals surface area contributed by atoms with Crippen LogP contribution >= 0.6 is 0 Å². The van der Waals surface area contributed by atoms with E-state index in [0.717, 1.165) is 5.69 Å². The first-order valence-electron chi connectivity index (χ1n) is 5.45. The Morgan fingerprint density at radius 2 is 2.06 bits per heavy atom. The Kier molecular flexibility index (Phi) is 3.19. The average Bonchev–Trinajstić information content (AvgIpc) is 2.73. The molecule has 0 spiro atoms. The van der Waals surface area contributed by atoms with Crippen molar-refractivity contribution in [1.29, 1.82) is 0 Å². The molecule has 4 nitrogen and oxygen atoms in total. The second-order valence-corrected chi connectivity index (χ2v) is 4.10. The van der Waals surface area contributed by atoms with Crippen molar-refractivity contribution in [2.75, 3.05) is 0 Å². The molecule has 17 heavy (non-hydrogen) atoms. The highest BCUT2D eigenvalue weighted by molar-refractivity contribution is 5.35. The number of hydrogen-bond acceptors (Lipinski definition) is 3. The van der Waals surface area contributed by atoms with Gasteiger partial charge in [0.1, 0.15) is 17.2 Å². The van der Waals surface area contributed by atoms with Crippen LogP contribution in [-0.2, 0) is 6.61 Å².